The molecule has 0 unspecified atom stereocenters. The largest absolute Gasteiger partial charge is 0.639 e. The molecule has 153 valence electrons. The molecule has 0 atom stereocenters. The van der Waals surface area contributed by atoms with Crippen molar-refractivity contribution in [3.63, 3.8) is 0 Å². The van der Waals surface area contributed by atoms with E-state index in [1.54, 1.807) is 56.6 Å². The molecule has 0 saturated heterocycles. The van der Waals surface area contributed by atoms with Gasteiger partial charge in [0.05, 0.1) is 19.8 Å². The van der Waals surface area contributed by atoms with Crippen molar-refractivity contribution < 1.29 is 28.2 Å². The molecule has 0 saturated carbocycles. The molecule has 0 aliphatic rings. The van der Waals surface area contributed by atoms with Crippen LogP contribution in [-0.4, -0.2) is 111 Å². The molecule has 0 fully saturated rings. The van der Waals surface area contributed by atoms with Crippen molar-refractivity contribution in [1.82, 2.24) is 0 Å². The highest BCUT2D eigenvalue weighted by Crippen LogP contribution is 2.05. The first-order valence-electron chi connectivity index (χ1n) is 8.40. The predicted octanol–water partition coefficient (Wildman–Crippen LogP) is 1.78. The van der Waals surface area contributed by atoms with E-state index in [0.717, 1.165) is 54.3 Å². The molecule has 3 radical (unpaired) electrons. The van der Waals surface area contributed by atoms with Crippen LogP contribution in [0.5, 0.6) is 0 Å². The van der Waals surface area contributed by atoms with E-state index in [-0.39, 0.29) is 8.41 Å². The second-order valence-electron chi connectivity index (χ2n) is 4.72. The van der Waals surface area contributed by atoms with Crippen LogP contribution >= 0.6 is 35.3 Å². The summed E-state index contributed by atoms with van der Waals surface area (Å²) in [6.45, 7) is 4.10. The van der Waals surface area contributed by atoms with Gasteiger partial charge in [-0.1, -0.05) is 0 Å². The Hall–Kier alpha value is 0.940. The van der Waals surface area contributed by atoms with Crippen LogP contribution in [0.2, 0.25) is 0 Å². The van der Waals surface area contributed by atoms with Crippen LogP contribution in [0.3, 0.4) is 0 Å². The smallest absolute Gasteiger partial charge is 0.385 e. The monoisotopic (exact) mass is 427 g/mol. The Labute approximate surface area is 174 Å². The zero-order chi connectivity index (χ0) is 18.4. The van der Waals surface area contributed by atoms with Gasteiger partial charge in [0.2, 0.25) is 0 Å². The van der Waals surface area contributed by atoms with Crippen molar-refractivity contribution in [2.45, 2.75) is 0 Å². The van der Waals surface area contributed by atoms with Gasteiger partial charge in [-0.3, -0.25) is 0 Å². The van der Waals surface area contributed by atoms with E-state index in [4.69, 9.17) is 28.2 Å². The number of rotatable bonds is 21. The first kappa shape index (κ1) is 29.1. The summed E-state index contributed by atoms with van der Waals surface area (Å²) in [5.74, 6) is 5.61. The van der Waals surface area contributed by atoms with Crippen LogP contribution in [0.4, 0.5) is 0 Å². The average molecular weight is 427 g/mol. The zero-order valence-corrected chi connectivity index (χ0v) is 18.8. The first-order valence-corrected chi connectivity index (χ1v) is 11.9. The molecule has 0 bridgehead atoms. The molecule has 6 nitrogen and oxygen atoms in total. The van der Waals surface area contributed by atoms with E-state index in [1.165, 1.54) is 0 Å². The normalized spacial score (nSPS) is 10.7. The summed E-state index contributed by atoms with van der Waals surface area (Å²) in [4.78, 5) is 0. The van der Waals surface area contributed by atoms with Gasteiger partial charge >= 0.3 is 7.32 Å². The molecule has 0 aromatic carbocycles. The topological polar surface area (TPSA) is 55.4 Å². The third kappa shape index (κ3) is 23.0. The van der Waals surface area contributed by atoms with Crippen molar-refractivity contribution in [3.05, 3.63) is 0 Å². The summed E-state index contributed by atoms with van der Waals surface area (Å²) >= 11 is 5.39. The molecule has 0 heterocycles. The fraction of sp³-hybridized carbons (Fsp3) is 1.00. The van der Waals surface area contributed by atoms with E-state index in [1.807, 2.05) is 0 Å². The highest BCUT2D eigenvalue weighted by molar-refractivity contribution is 7.99. The van der Waals surface area contributed by atoms with Gasteiger partial charge in [-0.2, -0.15) is 35.3 Å². The minimum atomic E-state index is -0.589. The quantitative estimate of drug-likeness (QED) is 0.202. The van der Waals surface area contributed by atoms with E-state index in [9.17, 15) is 0 Å². The summed E-state index contributed by atoms with van der Waals surface area (Å²) in [6, 6.07) is 0. The second-order valence-corrected chi connectivity index (χ2v) is 8.39. The van der Waals surface area contributed by atoms with Gasteiger partial charge in [0.15, 0.2) is 0 Å². The Morgan fingerprint density at radius 2 is 0.769 bits per heavy atom. The highest BCUT2D eigenvalue weighted by Gasteiger charge is 2.20. The van der Waals surface area contributed by atoms with Crippen molar-refractivity contribution >= 4 is 51.0 Å². The van der Waals surface area contributed by atoms with Crippen LogP contribution in [0.1, 0.15) is 0 Å². The molecular formula is C15H33B2O6S3. The molecule has 0 amide bonds. The van der Waals surface area contributed by atoms with Gasteiger partial charge < -0.3 is 28.2 Å². The summed E-state index contributed by atoms with van der Waals surface area (Å²) in [5, 5.41) is 0. The summed E-state index contributed by atoms with van der Waals surface area (Å²) in [5.41, 5.74) is 0. The zero-order valence-electron chi connectivity index (χ0n) is 16.3. The number of hydrogen-bond acceptors (Lipinski definition) is 9. The molecule has 0 aliphatic heterocycles. The van der Waals surface area contributed by atoms with Gasteiger partial charge in [-0.15, -0.1) is 0 Å². The summed E-state index contributed by atoms with van der Waals surface area (Å²) < 4.78 is 32.2. The highest BCUT2D eigenvalue weighted by atomic mass is 32.2. The van der Waals surface area contributed by atoms with E-state index in [2.05, 4.69) is 0 Å². The molecular weight excluding hydrogens is 394 g/mol. The third-order valence-corrected chi connectivity index (χ3v) is 5.47. The Morgan fingerprint density at radius 3 is 1.04 bits per heavy atom. The number of ether oxygens (including phenoxy) is 3. The van der Waals surface area contributed by atoms with Crippen LogP contribution < -0.4 is 0 Å². The predicted molar refractivity (Wildman–Crippen MR) is 117 cm³/mol. The molecule has 0 aliphatic carbocycles. The standard InChI is InChI=1S/C15H33BO6S3.B/c1-17-4-10-23-13-7-20-16(21-8-14-24-11-5-18-2)22-9-15-25-12-6-19-3;/h4-15H2,1-3H3;. The maximum Gasteiger partial charge on any atom is 0.639 e. The summed E-state index contributed by atoms with van der Waals surface area (Å²) in [6.07, 6.45) is 0. The number of thioether (sulfide) groups is 3. The maximum atomic E-state index is 5.70. The van der Waals surface area contributed by atoms with Crippen LogP contribution in [0, 0.1) is 0 Å². The van der Waals surface area contributed by atoms with E-state index >= 15 is 0 Å². The van der Waals surface area contributed by atoms with Gasteiger partial charge in [0.1, 0.15) is 0 Å². The van der Waals surface area contributed by atoms with Gasteiger partial charge in [-0.05, 0) is 0 Å². The van der Waals surface area contributed by atoms with Gasteiger partial charge in [0.25, 0.3) is 0 Å². The molecule has 0 N–H and O–H groups in total. The Balaban J connectivity index is 0. The lowest BCUT2D eigenvalue weighted by molar-refractivity contribution is 0.109. The Bertz CT molecular complexity index is 223. The molecule has 0 aromatic rings. The van der Waals surface area contributed by atoms with Crippen molar-refractivity contribution in [1.29, 1.82) is 0 Å². The van der Waals surface area contributed by atoms with Crippen LogP contribution in [-0.2, 0) is 28.2 Å². The van der Waals surface area contributed by atoms with E-state index in [0.29, 0.717) is 19.8 Å². The fourth-order valence-electron chi connectivity index (χ4n) is 1.49. The maximum absolute atomic E-state index is 5.70. The molecule has 26 heavy (non-hydrogen) atoms. The molecule has 0 rings (SSSR count). The lowest BCUT2D eigenvalue weighted by Crippen LogP contribution is -2.30. The lowest BCUT2D eigenvalue weighted by Gasteiger charge is -2.14. The van der Waals surface area contributed by atoms with Crippen molar-refractivity contribution in [3.8, 4) is 0 Å². The number of hydrogen-bond donors (Lipinski definition) is 0. The number of methoxy groups -OCH3 is 3. The minimum Gasteiger partial charge on any atom is -0.385 e. The Kier molecular flexibility index (Phi) is 29.1. The summed E-state index contributed by atoms with van der Waals surface area (Å²) in [7, 11) is 4.55. The van der Waals surface area contributed by atoms with Crippen molar-refractivity contribution in [2.75, 3.05) is 95.5 Å². The van der Waals surface area contributed by atoms with Gasteiger partial charge in [0, 0.05) is 84.1 Å². The molecule has 0 spiro atoms. The first-order chi connectivity index (χ1) is 12.3. The fourth-order valence-corrected chi connectivity index (χ4v) is 3.60. The van der Waals surface area contributed by atoms with Crippen LogP contribution in [0.25, 0.3) is 0 Å². The Morgan fingerprint density at radius 1 is 0.500 bits per heavy atom. The van der Waals surface area contributed by atoms with Gasteiger partial charge in [-0.25, -0.2) is 0 Å². The second kappa shape index (κ2) is 25.9. The SMILES string of the molecule is COCCSCCOB(OCCSCCOC)OCCSCCOC.[B]. The molecule has 11 heteroatoms. The van der Waals surface area contributed by atoms with E-state index < -0.39 is 7.32 Å². The molecule has 0 aromatic heterocycles. The van der Waals surface area contributed by atoms with Crippen molar-refractivity contribution in [2.24, 2.45) is 0 Å². The lowest BCUT2D eigenvalue weighted by atomic mass is 10.2. The average Bonchev–Trinajstić information content (AvgIpc) is 2.63. The van der Waals surface area contributed by atoms with Crippen LogP contribution in [0.15, 0.2) is 0 Å². The third-order valence-electron chi connectivity index (χ3n) is 2.74. The minimum absolute atomic E-state index is 0.